The molecule has 0 bridgehead atoms. The Balaban J connectivity index is 1.61. The van der Waals surface area contributed by atoms with E-state index in [2.05, 4.69) is 54.5 Å². The van der Waals surface area contributed by atoms with E-state index in [9.17, 15) is 14.7 Å². The summed E-state index contributed by atoms with van der Waals surface area (Å²) in [5, 5.41) is 10.9. The molecule has 0 aromatic rings. The lowest BCUT2D eigenvalue weighted by Gasteiger charge is -2.70. The fourth-order valence-corrected chi connectivity index (χ4v) is 10.8. The van der Waals surface area contributed by atoms with Gasteiger partial charge in [0.1, 0.15) is 5.78 Å². The molecule has 0 spiro atoms. The van der Waals surface area contributed by atoms with Gasteiger partial charge in [-0.1, -0.05) is 61.0 Å². The summed E-state index contributed by atoms with van der Waals surface area (Å²) in [6, 6.07) is 0. The molecular weight excluding hydrogens is 432 g/mol. The molecule has 5 aliphatic carbocycles. The summed E-state index contributed by atoms with van der Waals surface area (Å²) >= 11 is 0. The van der Waals surface area contributed by atoms with Crippen molar-refractivity contribution in [3.05, 3.63) is 11.6 Å². The van der Waals surface area contributed by atoms with Crippen LogP contribution in [0.15, 0.2) is 11.6 Å². The first-order chi connectivity index (χ1) is 16.1. The molecule has 196 valence electrons. The van der Waals surface area contributed by atoms with E-state index in [4.69, 9.17) is 0 Å². The number of rotatable bonds is 2. The largest absolute Gasteiger partial charge is 0.393 e. The van der Waals surface area contributed by atoms with Gasteiger partial charge in [-0.05, 0) is 103 Å². The van der Waals surface area contributed by atoms with Crippen LogP contribution in [0.1, 0.15) is 120 Å². The summed E-state index contributed by atoms with van der Waals surface area (Å²) < 4.78 is 0. The van der Waals surface area contributed by atoms with Gasteiger partial charge in [0.2, 0.25) is 0 Å². The minimum absolute atomic E-state index is 0.00253. The van der Waals surface area contributed by atoms with Gasteiger partial charge in [0.25, 0.3) is 0 Å². The van der Waals surface area contributed by atoms with Crippen LogP contribution in [0.25, 0.3) is 0 Å². The van der Waals surface area contributed by atoms with Gasteiger partial charge in [0.15, 0.2) is 5.78 Å². The van der Waals surface area contributed by atoms with E-state index >= 15 is 0 Å². The van der Waals surface area contributed by atoms with E-state index in [1.807, 2.05) is 6.92 Å². The molecule has 0 unspecified atom stereocenters. The van der Waals surface area contributed by atoms with Crippen LogP contribution in [-0.2, 0) is 9.59 Å². The maximum absolute atomic E-state index is 14.3. The predicted molar refractivity (Wildman–Crippen MR) is 141 cm³/mol. The van der Waals surface area contributed by atoms with Crippen molar-refractivity contribution in [1.82, 2.24) is 0 Å². The van der Waals surface area contributed by atoms with Crippen molar-refractivity contribution in [2.24, 2.45) is 50.2 Å². The highest BCUT2D eigenvalue weighted by molar-refractivity contribution is 5.95. The number of ketones is 2. The van der Waals surface area contributed by atoms with E-state index in [1.54, 1.807) is 0 Å². The molecule has 0 amide bonds. The van der Waals surface area contributed by atoms with Crippen LogP contribution in [0, 0.1) is 50.2 Å². The minimum Gasteiger partial charge on any atom is -0.393 e. The summed E-state index contributed by atoms with van der Waals surface area (Å²) in [5.74, 6) is 1.46. The number of carbonyl (C=O) groups excluding carboxylic acids is 2. The average Bonchev–Trinajstić information content (AvgIpc) is 2.78. The Morgan fingerprint density at radius 3 is 2.26 bits per heavy atom. The van der Waals surface area contributed by atoms with Gasteiger partial charge in [-0.15, -0.1) is 0 Å². The number of aliphatic hydroxyl groups excluding tert-OH is 1. The SMILES string of the molecule is CCC(=O)[C@@]1(C)CC[C@]2(C)CC[C@]3(C)C(=CC(=O)[C@@H]4[C@@]5(C)CC[C@H](O)C(C)(C)[C@@H]5CC[C@]43C)[C@H]2C1. The zero-order valence-electron chi connectivity index (χ0n) is 23.7. The van der Waals surface area contributed by atoms with Gasteiger partial charge in [-0.2, -0.15) is 0 Å². The monoisotopic (exact) mass is 482 g/mol. The second-order valence-corrected chi connectivity index (χ2v) is 15.4. The maximum Gasteiger partial charge on any atom is 0.159 e. The van der Waals surface area contributed by atoms with Gasteiger partial charge in [-0.25, -0.2) is 0 Å². The van der Waals surface area contributed by atoms with Crippen molar-refractivity contribution in [1.29, 1.82) is 0 Å². The van der Waals surface area contributed by atoms with Crippen molar-refractivity contribution in [3.8, 4) is 0 Å². The van der Waals surface area contributed by atoms with Crippen molar-refractivity contribution in [2.45, 2.75) is 126 Å². The van der Waals surface area contributed by atoms with E-state index in [0.717, 1.165) is 51.4 Å². The maximum atomic E-state index is 14.3. The lowest BCUT2D eigenvalue weighted by atomic mass is 9.33. The third-order valence-electron chi connectivity index (χ3n) is 13.5. The van der Waals surface area contributed by atoms with Gasteiger partial charge >= 0.3 is 0 Å². The quantitative estimate of drug-likeness (QED) is 0.449. The second-order valence-electron chi connectivity index (χ2n) is 15.4. The van der Waals surface area contributed by atoms with Crippen LogP contribution in [0.4, 0.5) is 0 Å². The highest BCUT2D eigenvalue weighted by atomic mass is 16.3. The third-order valence-corrected chi connectivity index (χ3v) is 13.5. The molecule has 0 radical (unpaired) electrons. The molecule has 5 rings (SSSR count). The molecule has 9 atom stereocenters. The van der Waals surface area contributed by atoms with Crippen molar-refractivity contribution in [3.63, 3.8) is 0 Å². The fraction of sp³-hybridized carbons (Fsp3) is 0.875. The highest BCUT2D eigenvalue weighted by Crippen LogP contribution is 2.75. The first-order valence-corrected chi connectivity index (χ1v) is 14.6. The summed E-state index contributed by atoms with van der Waals surface area (Å²) in [6.07, 6.45) is 11.7. The van der Waals surface area contributed by atoms with Crippen molar-refractivity contribution in [2.75, 3.05) is 0 Å². The Morgan fingerprint density at radius 2 is 1.60 bits per heavy atom. The average molecular weight is 483 g/mol. The number of Topliss-reactive ketones (excluding diaryl/α,β-unsaturated/α-hetero) is 1. The lowest BCUT2D eigenvalue weighted by molar-refractivity contribution is -0.202. The van der Waals surface area contributed by atoms with Gasteiger partial charge in [0.05, 0.1) is 6.10 Å². The molecule has 0 aliphatic heterocycles. The molecule has 35 heavy (non-hydrogen) atoms. The molecule has 1 N–H and O–H groups in total. The molecule has 4 saturated carbocycles. The van der Waals surface area contributed by atoms with E-state index in [1.165, 1.54) is 12.0 Å². The first kappa shape index (κ1) is 25.7. The van der Waals surface area contributed by atoms with Crippen LogP contribution >= 0.6 is 0 Å². The Morgan fingerprint density at radius 1 is 0.943 bits per heavy atom. The smallest absolute Gasteiger partial charge is 0.159 e. The number of allylic oxidation sites excluding steroid dienone is 2. The number of carbonyl (C=O) groups is 2. The standard InChI is InChI=1S/C32H50O3/c1-9-24(34)29(5)15-14-28(4)16-17-31(7)20(21(28)19-29)18-22(33)26-30(6)12-11-25(35)27(2,3)23(30)10-13-32(26,31)8/h18,21,23,25-26,35H,9-17,19H2,1-8H3/t21-,23+,25+,26-,28-,29+,30+,31-,32-/m1/s1. The molecule has 4 fully saturated rings. The molecule has 0 saturated heterocycles. The van der Waals surface area contributed by atoms with Crippen LogP contribution in [0.5, 0.6) is 0 Å². The molecule has 0 aromatic carbocycles. The number of fused-ring (bicyclic) bond motifs is 7. The van der Waals surface area contributed by atoms with E-state index in [0.29, 0.717) is 29.8 Å². The van der Waals surface area contributed by atoms with Gasteiger partial charge < -0.3 is 5.11 Å². The summed E-state index contributed by atoms with van der Waals surface area (Å²) in [4.78, 5) is 27.4. The molecule has 5 aliphatic rings. The van der Waals surface area contributed by atoms with Crippen LogP contribution in [0.2, 0.25) is 0 Å². The number of aliphatic hydroxyl groups is 1. The van der Waals surface area contributed by atoms with E-state index < -0.39 is 0 Å². The second kappa shape index (κ2) is 7.55. The van der Waals surface area contributed by atoms with Gasteiger partial charge in [0, 0.05) is 17.8 Å². The van der Waals surface area contributed by atoms with Crippen LogP contribution in [0.3, 0.4) is 0 Å². The fourth-order valence-electron chi connectivity index (χ4n) is 10.8. The van der Waals surface area contributed by atoms with Crippen LogP contribution < -0.4 is 0 Å². The lowest BCUT2D eigenvalue weighted by Crippen LogP contribution is -2.66. The molecule has 3 nitrogen and oxygen atoms in total. The summed E-state index contributed by atoms with van der Waals surface area (Å²) in [6.45, 7) is 18.4. The van der Waals surface area contributed by atoms with Crippen molar-refractivity contribution < 1.29 is 14.7 Å². The minimum atomic E-state index is -0.281. The summed E-state index contributed by atoms with van der Waals surface area (Å²) in [7, 11) is 0. The molecule has 0 aromatic heterocycles. The van der Waals surface area contributed by atoms with E-state index in [-0.39, 0.29) is 44.5 Å². The zero-order valence-corrected chi connectivity index (χ0v) is 23.7. The Hall–Kier alpha value is -0.960. The highest BCUT2D eigenvalue weighted by Gasteiger charge is 2.70. The summed E-state index contributed by atoms with van der Waals surface area (Å²) in [5.41, 5.74) is 1.03. The normalized spacial score (nSPS) is 52.9. The Labute approximate surface area is 213 Å². The Kier molecular flexibility index (Phi) is 5.54. The molecule has 0 heterocycles. The third kappa shape index (κ3) is 3.12. The molecular formula is C32H50O3. The Bertz CT molecular complexity index is 977. The topological polar surface area (TPSA) is 54.4 Å². The van der Waals surface area contributed by atoms with Crippen LogP contribution in [-0.4, -0.2) is 22.8 Å². The molecule has 3 heteroatoms. The predicted octanol–water partition coefficient (Wildman–Crippen LogP) is 7.31. The number of hydrogen-bond acceptors (Lipinski definition) is 3. The zero-order chi connectivity index (χ0) is 25.8. The first-order valence-electron chi connectivity index (χ1n) is 14.6. The van der Waals surface area contributed by atoms with Gasteiger partial charge in [-0.3, -0.25) is 9.59 Å². The number of hydrogen-bond donors (Lipinski definition) is 1. The van der Waals surface area contributed by atoms with Crippen molar-refractivity contribution >= 4 is 11.6 Å².